The van der Waals surface area contributed by atoms with E-state index in [1.807, 2.05) is 13.8 Å². The zero-order valence-corrected chi connectivity index (χ0v) is 13.6. The molecule has 130 valence electrons. The van der Waals surface area contributed by atoms with E-state index in [1.165, 1.54) is 13.2 Å². The van der Waals surface area contributed by atoms with Crippen molar-refractivity contribution < 1.29 is 28.2 Å². The number of benzene rings is 1. The molecule has 0 spiro atoms. The van der Waals surface area contributed by atoms with Crippen LogP contribution >= 0.6 is 0 Å². The Labute approximate surface area is 134 Å². The Morgan fingerprint density at radius 2 is 1.96 bits per heavy atom. The highest BCUT2D eigenvalue weighted by molar-refractivity contribution is 5.74. The normalized spacial score (nSPS) is 11.6. The monoisotopic (exact) mass is 331 g/mol. The van der Waals surface area contributed by atoms with Crippen molar-refractivity contribution in [2.75, 3.05) is 13.7 Å². The molecular weight excluding hydrogens is 308 g/mol. The van der Waals surface area contributed by atoms with Gasteiger partial charge in [-0.05, 0) is 30.5 Å². The zero-order chi connectivity index (χ0) is 17.5. The summed E-state index contributed by atoms with van der Waals surface area (Å²) in [5, 5.41) is 12.5. The minimum atomic E-state index is -2.94. The Hall–Kier alpha value is -1.89. The molecule has 0 saturated heterocycles. The number of carbonyl (C=O) groups is 1. The first kappa shape index (κ1) is 19.2. The van der Waals surface area contributed by atoms with Crippen LogP contribution in [-0.4, -0.2) is 31.3 Å². The third-order valence-corrected chi connectivity index (χ3v) is 4.04. The molecule has 0 atom stereocenters. The molecule has 0 bridgehead atoms. The van der Waals surface area contributed by atoms with Gasteiger partial charge in [0.05, 0.1) is 12.5 Å². The van der Waals surface area contributed by atoms with Crippen LogP contribution in [0, 0.1) is 5.41 Å². The van der Waals surface area contributed by atoms with Gasteiger partial charge >= 0.3 is 12.6 Å². The summed E-state index contributed by atoms with van der Waals surface area (Å²) in [6, 6.07) is 4.71. The van der Waals surface area contributed by atoms with Crippen LogP contribution in [0.4, 0.5) is 8.78 Å². The van der Waals surface area contributed by atoms with E-state index < -0.39 is 18.0 Å². The molecule has 7 heteroatoms. The molecule has 0 aromatic heterocycles. The van der Waals surface area contributed by atoms with Gasteiger partial charge in [-0.15, -0.1) is 0 Å². The number of ether oxygens (including phenoxy) is 2. The van der Waals surface area contributed by atoms with Gasteiger partial charge in [0, 0.05) is 13.1 Å². The van der Waals surface area contributed by atoms with Gasteiger partial charge in [0.2, 0.25) is 0 Å². The van der Waals surface area contributed by atoms with Crippen molar-refractivity contribution in [1.82, 2.24) is 5.32 Å². The van der Waals surface area contributed by atoms with Crippen LogP contribution in [0.5, 0.6) is 11.5 Å². The standard InChI is InChI=1S/C16H23F2NO4/c1-4-16(5-2,14(20)21)10-19-9-11-6-7-12(22-3)13(8-11)23-15(17)18/h6-8,15,19H,4-5,9-10H2,1-3H3,(H,20,21). The number of carboxylic acids is 1. The second kappa shape index (κ2) is 8.67. The number of carboxylic acid groups (broad SMARTS) is 1. The number of halogens is 2. The fourth-order valence-electron chi connectivity index (χ4n) is 2.34. The average molecular weight is 331 g/mol. The molecule has 0 unspecified atom stereocenters. The van der Waals surface area contributed by atoms with E-state index in [0.717, 1.165) is 0 Å². The van der Waals surface area contributed by atoms with Crippen LogP contribution in [0.1, 0.15) is 32.3 Å². The molecular formula is C16H23F2NO4. The molecule has 0 fully saturated rings. The maximum absolute atomic E-state index is 12.4. The van der Waals surface area contributed by atoms with E-state index in [1.54, 1.807) is 12.1 Å². The summed E-state index contributed by atoms with van der Waals surface area (Å²) in [5.41, 5.74) is -0.123. The summed E-state index contributed by atoms with van der Waals surface area (Å²) in [6.07, 6.45) is 1.02. The molecule has 0 aliphatic carbocycles. The summed E-state index contributed by atoms with van der Waals surface area (Å²) in [7, 11) is 1.37. The lowest BCUT2D eigenvalue weighted by Crippen LogP contribution is -2.40. The van der Waals surface area contributed by atoms with E-state index in [4.69, 9.17) is 4.74 Å². The predicted octanol–water partition coefficient (Wildman–Crippen LogP) is 3.28. The Kier molecular flexibility index (Phi) is 7.22. The van der Waals surface area contributed by atoms with Crippen LogP contribution in [0.15, 0.2) is 18.2 Å². The molecule has 0 radical (unpaired) electrons. The number of methoxy groups -OCH3 is 1. The molecule has 1 aromatic carbocycles. The van der Waals surface area contributed by atoms with E-state index >= 15 is 0 Å². The highest BCUT2D eigenvalue weighted by atomic mass is 19.3. The first-order valence-corrected chi connectivity index (χ1v) is 7.44. The fourth-order valence-corrected chi connectivity index (χ4v) is 2.34. The van der Waals surface area contributed by atoms with Crippen molar-refractivity contribution in [2.45, 2.75) is 39.8 Å². The number of nitrogens with one attached hydrogen (secondary N) is 1. The maximum atomic E-state index is 12.4. The van der Waals surface area contributed by atoms with Crippen molar-refractivity contribution in [2.24, 2.45) is 5.41 Å². The molecule has 5 nitrogen and oxygen atoms in total. The second-order valence-corrected chi connectivity index (χ2v) is 5.26. The number of aliphatic carboxylic acids is 1. The van der Waals surface area contributed by atoms with Crippen molar-refractivity contribution in [3.8, 4) is 11.5 Å². The first-order valence-electron chi connectivity index (χ1n) is 7.44. The van der Waals surface area contributed by atoms with Crippen molar-refractivity contribution in [1.29, 1.82) is 0 Å². The molecule has 23 heavy (non-hydrogen) atoms. The van der Waals surface area contributed by atoms with Crippen LogP contribution < -0.4 is 14.8 Å². The Morgan fingerprint density at radius 1 is 1.30 bits per heavy atom. The highest BCUT2D eigenvalue weighted by Crippen LogP contribution is 2.30. The molecule has 1 aromatic rings. The molecule has 1 rings (SSSR count). The predicted molar refractivity (Wildman–Crippen MR) is 82.0 cm³/mol. The Bertz CT molecular complexity index is 519. The van der Waals surface area contributed by atoms with E-state index in [0.29, 0.717) is 31.5 Å². The van der Waals surface area contributed by atoms with E-state index in [9.17, 15) is 18.7 Å². The smallest absolute Gasteiger partial charge is 0.387 e. The van der Waals surface area contributed by atoms with Crippen LogP contribution in [-0.2, 0) is 11.3 Å². The van der Waals surface area contributed by atoms with Gasteiger partial charge in [-0.25, -0.2) is 0 Å². The van der Waals surface area contributed by atoms with Crippen LogP contribution in [0.3, 0.4) is 0 Å². The van der Waals surface area contributed by atoms with Gasteiger partial charge in [0.1, 0.15) is 0 Å². The van der Waals surface area contributed by atoms with Gasteiger partial charge < -0.3 is 19.9 Å². The lowest BCUT2D eigenvalue weighted by molar-refractivity contribution is -0.149. The van der Waals surface area contributed by atoms with E-state index in [-0.39, 0.29) is 11.5 Å². The van der Waals surface area contributed by atoms with Crippen LogP contribution in [0.2, 0.25) is 0 Å². The lowest BCUT2D eigenvalue weighted by atomic mass is 9.82. The van der Waals surface area contributed by atoms with Gasteiger partial charge in [-0.1, -0.05) is 19.9 Å². The van der Waals surface area contributed by atoms with Crippen molar-refractivity contribution >= 4 is 5.97 Å². The van der Waals surface area contributed by atoms with Crippen LogP contribution in [0.25, 0.3) is 0 Å². The second-order valence-electron chi connectivity index (χ2n) is 5.26. The Balaban J connectivity index is 2.76. The highest BCUT2D eigenvalue weighted by Gasteiger charge is 2.34. The van der Waals surface area contributed by atoms with Gasteiger partial charge in [-0.3, -0.25) is 4.79 Å². The minimum Gasteiger partial charge on any atom is -0.493 e. The summed E-state index contributed by atoms with van der Waals surface area (Å²) in [4.78, 5) is 11.4. The minimum absolute atomic E-state index is 0.0442. The van der Waals surface area contributed by atoms with Gasteiger partial charge in [-0.2, -0.15) is 8.78 Å². The maximum Gasteiger partial charge on any atom is 0.387 e. The summed E-state index contributed by atoms with van der Waals surface area (Å²) < 4.78 is 34.2. The quantitative estimate of drug-likeness (QED) is 0.689. The number of hydrogen-bond donors (Lipinski definition) is 2. The van der Waals surface area contributed by atoms with Crippen molar-refractivity contribution in [3.05, 3.63) is 23.8 Å². The lowest BCUT2D eigenvalue weighted by Gasteiger charge is -2.27. The molecule has 0 saturated carbocycles. The SMILES string of the molecule is CCC(CC)(CNCc1ccc(OC)c(OC(F)F)c1)C(=O)O. The third-order valence-electron chi connectivity index (χ3n) is 4.04. The molecule has 2 N–H and O–H groups in total. The summed E-state index contributed by atoms with van der Waals surface area (Å²) in [6.45, 7) is 1.38. The number of rotatable bonds is 10. The van der Waals surface area contributed by atoms with Gasteiger partial charge in [0.15, 0.2) is 11.5 Å². The molecule has 0 amide bonds. The Morgan fingerprint density at radius 3 is 2.43 bits per heavy atom. The number of alkyl halides is 2. The first-order chi connectivity index (χ1) is 10.9. The van der Waals surface area contributed by atoms with E-state index in [2.05, 4.69) is 10.1 Å². The average Bonchev–Trinajstić information content (AvgIpc) is 2.51. The fraction of sp³-hybridized carbons (Fsp3) is 0.562. The summed E-state index contributed by atoms with van der Waals surface area (Å²) in [5.74, 6) is -0.667. The van der Waals surface area contributed by atoms with Gasteiger partial charge in [0.25, 0.3) is 0 Å². The zero-order valence-electron chi connectivity index (χ0n) is 13.6. The number of hydrogen-bond acceptors (Lipinski definition) is 4. The largest absolute Gasteiger partial charge is 0.493 e. The molecule has 0 heterocycles. The van der Waals surface area contributed by atoms with Crippen molar-refractivity contribution in [3.63, 3.8) is 0 Å². The molecule has 0 aliphatic heterocycles. The molecule has 0 aliphatic rings. The third kappa shape index (κ3) is 5.06. The topological polar surface area (TPSA) is 67.8 Å². The summed E-state index contributed by atoms with van der Waals surface area (Å²) >= 11 is 0.